The number of rotatable bonds is 4. The van der Waals surface area contributed by atoms with Gasteiger partial charge in [0.15, 0.2) is 4.84 Å². The van der Waals surface area contributed by atoms with Crippen molar-refractivity contribution in [1.29, 1.82) is 0 Å². The summed E-state index contributed by atoms with van der Waals surface area (Å²) in [4.78, 5) is 9.79. The first-order valence-electron chi connectivity index (χ1n) is 3.15. The molecule has 1 unspecified atom stereocenters. The summed E-state index contributed by atoms with van der Waals surface area (Å²) in [6, 6.07) is -0.0625. The number of nitrogens with one attached hydrogen (secondary N) is 1. The van der Waals surface area contributed by atoms with Crippen LogP contribution in [0.15, 0.2) is 0 Å². The molecule has 0 spiro atoms. The van der Waals surface area contributed by atoms with E-state index in [9.17, 15) is 4.79 Å². The van der Waals surface area contributed by atoms with Gasteiger partial charge in [-0.05, 0) is 6.92 Å². The summed E-state index contributed by atoms with van der Waals surface area (Å²) >= 11 is 10.6. The number of carbonyl (C=O) groups excluding carboxylic acids is 1. The van der Waals surface area contributed by atoms with Crippen molar-refractivity contribution < 1.29 is 9.53 Å². The quantitative estimate of drug-likeness (QED) is 0.686. The number of amides is 1. The second kappa shape index (κ2) is 5.63. The van der Waals surface area contributed by atoms with E-state index in [-0.39, 0.29) is 6.04 Å². The fourth-order valence-electron chi connectivity index (χ4n) is 0.598. The molecule has 11 heavy (non-hydrogen) atoms. The Morgan fingerprint density at radius 3 is 2.55 bits per heavy atom. The molecule has 0 aromatic rings. The minimum Gasteiger partial charge on any atom is -0.383 e. The molecule has 0 aromatic heterocycles. The van der Waals surface area contributed by atoms with E-state index in [1.807, 2.05) is 0 Å². The Morgan fingerprint density at radius 2 is 2.18 bits per heavy atom. The maximum Gasteiger partial charge on any atom is 0.253 e. The number of hydrogen-bond donors (Lipinski definition) is 1. The van der Waals surface area contributed by atoms with Gasteiger partial charge in [-0.3, -0.25) is 4.79 Å². The lowest BCUT2D eigenvalue weighted by Crippen LogP contribution is -2.38. The standard InChI is InChI=1S/C6H11Cl2NO2/c1-4(3-11-2)9-6(10)5(7)8/h4-5H,3H2,1-2H3,(H,9,10). The largest absolute Gasteiger partial charge is 0.383 e. The number of alkyl halides is 2. The van der Waals surface area contributed by atoms with E-state index in [2.05, 4.69) is 5.32 Å². The zero-order valence-corrected chi connectivity index (χ0v) is 7.95. The molecule has 66 valence electrons. The maximum atomic E-state index is 10.8. The van der Waals surface area contributed by atoms with Crippen molar-refractivity contribution >= 4 is 29.1 Å². The molecule has 1 amide bonds. The minimum absolute atomic E-state index is 0.0625. The number of halogens is 2. The third kappa shape index (κ3) is 5.30. The highest BCUT2D eigenvalue weighted by atomic mass is 35.5. The molecule has 0 aliphatic rings. The highest BCUT2D eigenvalue weighted by Gasteiger charge is 2.13. The van der Waals surface area contributed by atoms with Crippen molar-refractivity contribution in [2.45, 2.75) is 17.8 Å². The molecule has 0 heterocycles. The Kier molecular flexibility index (Phi) is 5.64. The Hall–Kier alpha value is 0.01000. The van der Waals surface area contributed by atoms with Gasteiger partial charge in [0.2, 0.25) is 0 Å². The summed E-state index contributed by atoms with van der Waals surface area (Å²) in [5.74, 6) is -0.391. The van der Waals surface area contributed by atoms with Gasteiger partial charge < -0.3 is 10.1 Å². The zero-order chi connectivity index (χ0) is 8.85. The molecule has 0 aromatic carbocycles. The summed E-state index contributed by atoms with van der Waals surface area (Å²) in [7, 11) is 1.56. The van der Waals surface area contributed by atoms with Crippen LogP contribution in [-0.4, -0.2) is 30.5 Å². The third-order valence-electron chi connectivity index (χ3n) is 1.00. The van der Waals surface area contributed by atoms with Crippen molar-refractivity contribution in [2.75, 3.05) is 13.7 Å². The van der Waals surface area contributed by atoms with E-state index in [0.717, 1.165) is 0 Å². The summed E-state index contributed by atoms with van der Waals surface area (Å²) in [6.45, 7) is 2.25. The summed E-state index contributed by atoms with van der Waals surface area (Å²) < 4.78 is 4.78. The number of methoxy groups -OCH3 is 1. The highest BCUT2D eigenvalue weighted by Crippen LogP contribution is 2.00. The fourth-order valence-corrected chi connectivity index (χ4v) is 0.724. The molecule has 5 heteroatoms. The van der Waals surface area contributed by atoms with E-state index in [4.69, 9.17) is 27.9 Å². The predicted molar refractivity (Wildman–Crippen MR) is 45.0 cm³/mol. The van der Waals surface area contributed by atoms with Gasteiger partial charge in [-0.25, -0.2) is 0 Å². The van der Waals surface area contributed by atoms with Crippen LogP contribution < -0.4 is 5.32 Å². The molecular formula is C6H11Cl2NO2. The lowest BCUT2D eigenvalue weighted by molar-refractivity contribution is -0.120. The van der Waals surface area contributed by atoms with Gasteiger partial charge in [0.05, 0.1) is 6.61 Å². The van der Waals surface area contributed by atoms with E-state index < -0.39 is 10.7 Å². The minimum atomic E-state index is -1.01. The maximum absolute atomic E-state index is 10.8. The van der Waals surface area contributed by atoms with Crippen LogP contribution in [0, 0.1) is 0 Å². The zero-order valence-electron chi connectivity index (χ0n) is 6.43. The van der Waals surface area contributed by atoms with Crippen LogP contribution >= 0.6 is 23.2 Å². The molecule has 0 rings (SSSR count). The molecule has 1 N–H and O–H groups in total. The van der Waals surface area contributed by atoms with Crippen molar-refractivity contribution in [2.24, 2.45) is 0 Å². The molecule has 0 saturated carbocycles. The SMILES string of the molecule is COCC(C)NC(=O)C(Cl)Cl. The van der Waals surface area contributed by atoms with Gasteiger partial charge >= 0.3 is 0 Å². The van der Waals surface area contributed by atoms with Crippen molar-refractivity contribution in [3.8, 4) is 0 Å². The monoisotopic (exact) mass is 199 g/mol. The smallest absolute Gasteiger partial charge is 0.253 e. The van der Waals surface area contributed by atoms with Gasteiger partial charge in [-0.2, -0.15) is 0 Å². The first-order chi connectivity index (χ1) is 5.07. The first kappa shape index (κ1) is 11.0. The van der Waals surface area contributed by atoms with Crippen LogP contribution in [-0.2, 0) is 9.53 Å². The number of ether oxygens (including phenoxy) is 1. The van der Waals surface area contributed by atoms with Gasteiger partial charge in [-0.1, -0.05) is 23.2 Å². The summed E-state index contributed by atoms with van der Waals surface area (Å²) in [6.07, 6.45) is 0. The second-order valence-electron chi connectivity index (χ2n) is 2.17. The lowest BCUT2D eigenvalue weighted by atomic mass is 10.3. The summed E-state index contributed by atoms with van der Waals surface area (Å²) in [5, 5.41) is 2.55. The van der Waals surface area contributed by atoms with Gasteiger partial charge in [0.1, 0.15) is 0 Å². The Balaban J connectivity index is 3.57. The van der Waals surface area contributed by atoms with Gasteiger partial charge in [-0.15, -0.1) is 0 Å². The Morgan fingerprint density at radius 1 is 1.64 bits per heavy atom. The Bertz CT molecular complexity index is 130. The van der Waals surface area contributed by atoms with Crippen LogP contribution in [0.1, 0.15) is 6.92 Å². The molecule has 0 bridgehead atoms. The topological polar surface area (TPSA) is 38.3 Å². The van der Waals surface area contributed by atoms with Crippen LogP contribution in [0.4, 0.5) is 0 Å². The molecule has 0 aliphatic carbocycles. The van der Waals surface area contributed by atoms with Crippen molar-refractivity contribution in [3.05, 3.63) is 0 Å². The molecule has 0 saturated heterocycles. The Labute approximate surface area is 76.0 Å². The van der Waals surface area contributed by atoms with E-state index in [1.54, 1.807) is 14.0 Å². The van der Waals surface area contributed by atoms with Gasteiger partial charge in [0.25, 0.3) is 5.91 Å². The van der Waals surface area contributed by atoms with Gasteiger partial charge in [0, 0.05) is 13.2 Å². The molecule has 0 aliphatic heterocycles. The molecule has 3 nitrogen and oxygen atoms in total. The highest BCUT2D eigenvalue weighted by molar-refractivity contribution is 6.53. The third-order valence-corrected chi connectivity index (χ3v) is 1.40. The molecular weight excluding hydrogens is 189 g/mol. The van der Waals surface area contributed by atoms with Crippen LogP contribution in [0.5, 0.6) is 0 Å². The fraction of sp³-hybridized carbons (Fsp3) is 0.833. The van der Waals surface area contributed by atoms with E-state index in [1.165, 1.54) is 0 Å². The molecule has 1 atom stereocenters. The first-order valence-corrected chi connectivity index (χ1v) is 4.02. The second-order valence-corrected chi connectivity index (χ2v) is 3.26. The van der Waals surface area contributed by atoms with E-state index >= 15 is 0 Å². The van der Waals surface area contributed by atoms with Crippen molar-refractivity contribution in [3.63, 3.8) is 0 Å². The number of carbonyl (C=O) groups is 1. The van der Waals surface area contributed by atoms with Crippen LogP contribution in [0.3, 0.4) is 0 Å². The number of hydrogen-bond acceptors (Lipinski definition) is 2. The molecule has 0 radical (unpaired) electrons. The average molecular weight is 200 g/mol. The lowest BCUT2D eigenvalue weighted by Gasteiger charge is -2.12. The predicted octanol–water partition coefficient (Wildman–Crippen LogP) is 0.941. The van der Waals surface area contributed by atoms with E-state index in [0.29, 0.717) is 6.61 Å². The molecule has 0 fully saturated rings. The van der Waals surface area contributed by atoms with Crippen molar-refractivity contribution in [1.82, 2.24) is 5.32 Å². The average Bonchev–Trinajstić information content (AvgIpc) is 1.87. The van der Waals surface area contributed by atoms with Crippen LogP contribution in [0.2, 0.25) is 0 Å². The summed E-state index contributed by atoms with van der Waals surface area (Å²) in [5.41, 5.74) is 0. The van der Waals surface area contributed by atoms with Crippen LogP contribution in [0.25, 0.3) is 0 Å². The normalized spacial score (nSPS) is 13.2.